The molecule has 0 N–H and O–H groups in total. The summed E-state index contributed by atoms with van der Waals surface area (Å²) in [6.07, 6.45) is 0.757. The van der Waals surface area contributed by atoms with Crippen LogP contribution in [0.25, 0.3) is 16.6 Å². The van der Waals surface area contributed by atoms with Crippen molar-refractivity contribution >= 4 is 16.8 Å². The highest BCUT2D eigenvalue weighted by Gasteiger charge is 2.27. The largest absolute Gasteiger partial charge is 0.497 e. The lowest BCUT2D eigenvalue weighted by Crippen LogP contribution is -2.38. The minimum atomic E-state index is -0.469. The second kappa shape index (κ2) is 10.4. The molecule has 1 amide bonds. The van der Waals surface area contributed by atoms with Crippen LogP contribution >= 0.6 is 0 Å². The highest BCUT2D eigenvalue weighted by molar-refractivity contribution is 5.94. The quantitative estimate of drug-likeness (QED) is 0.361. The standard InChI is InChI=1S/C28H29N3O4/c1-5-18-30(27(32)20-10-14-22(34-3)15-11-20)19(2)26-29-25-9-7-6-8-24(25)28(33)31(26)21-12-16-23(35-4)17-13-21/h6-17,19H,5,18H2,1-4H3. The Balaban J connectivity index is 1.86. The normalized spacial score (nSPS) is 11.8. The lowest BCUT2D eigenvalue weighted by atomic mass is 10.1. The number of ether oxygens (including phenoxy) is 2. The number of amides is 1. The molecule has 3 aromatic carbocycles. The van der Waals surface area contributed by atoms with E-state index in [1.807, 2.05) is 44.2 Å². The van der Waals surface area contributed by atoms with Crippen molar-refractivity contribution in [3.05, 3.63) is 94.5 Å². The fraction of sp³-hybridized carbons (Fsp3) is 0.250. The number of hydrogen-bond donors (Lipinski definition) is 0. The maximum Gasteiger partial charge on any atom is 0.266 e. The van der Waals surface area contributed by atoms with Gasteiger partial charge in [0.25, 0.3) is 11.5 Å². The Morgan fingerprint density at radius 1 is 0.943 bits per heavy atom. The number of aromatic nitrogens is 2. The summed E-state index contributed by atoms with van der Waals surface area (Å²) in [6.45, 7) is 4.44. The van der Waals surface area contributed by atoms with Crippen molar-refractivity contribution in [2.45, 2.75) is 26.3 Å². The summed E-state index contributed by atoms with van der Waals surface area (Å²) in [7, 11) is 3.19. The Hall–Kier alpha value is -4.13. The third-order valence-corrected chi connectivity index (χ3v) is 6.04. The summed E-state index contributed by atoms with van der Waals surface area (Å²) in [6, 6.07) is 21.1. The highest BCUT2D eigenvalue weighted by Crippen LogP contribution is 2.26. The molecule has 1 unspecified atom stereocenters. The van der Waals surface area contributed by atoms with Gasteiger partial charge in [-0.3, -0.25) is 14.2 Å². The summed E-state index contributed by atoms with van der Waals surface area (Å²) in [5.74, 6) is 1.73. The van der Waals surface area contributed by atoms with Gasteiger partial charge in [0, 0.05) is 12.1 Å². The molecule has 7 heteroatoms. The van der Waals surface area contributed by atoms with E-state index in [-0.39, 0.29) is 11.5 Å². The third-order valence-electron chi connectivity index (χ3n) is 6.04. The summed E-state index contributed by atoms with van der Waals surface area (Å²) in [4.78, 5) is 33.9. The Morgan fingerprint density at radius 2 is 1.54 bits per heavy atom. The van der Waals surface area contributed by atoms with Crippen molar-refractivity contribution < 1.29 is 14.3 Å². The topological polar surface area (TPSA) is 73.7 Å². The fourth-order valence-corrected chi connectivity index (χ4v) is 4.16. The van der Waals surface area contributed by atoms with E-state index < -0.39 is 6.04 Å². The summed E-state index contributed by atoms with van der Waals surface area (Å²) in [5, 5.41) is 0.516. The van der Waals surface area contributed by atoms with Gasteiger partial charge in [0.15, 0.2) is 0 Å². The predicted molar refractivity (Wildman–Crippen MR) is 137 cm³/mol. The Bertz CT molecular complexity index is 1380. The molecular weight excluding hydrogens is 442 g/mol. The molecule has 180 valence electrons. The van der Waals surface area contributed by atoms with E-state index in [2.05, 4.69) is 0 Å². The van der Waals surface area contributed by atoms with Gasteiger partial charge >= 0.3 is 0 Å². The smallest absolute Gasteiger partial charge is 0.266 e. The molecule has 0 aliphatic carbocycles. The molecule has 7 nitrogen and oxygen atoms in total. The summed E-state index contributed by atoms with van der Waals surface area (Å²) >= 11 is 0. The van der Waals surface area contributed by atoms with Gasteiger partial charge in [-0.25, -0.2) is 4.98 Å². The Kier molecular flexibility index (Phi) is 7.15. The van der Waals surface area contributed by atoms with Crippen LogP contribution in [0.5, 0.6) is 11.5 Å². The zero-order valence-corrected chi connectivity index (χ0v) is 20.4. The molecule has 1 atom stereocenters. The van der Waals surface area contributed by atoms with Crippen LogP contribution in [0.4, 0.5) is 0 Å². The molecule has 4 aromatic rings. The van der Waals surface area contributed by atoms with Gasteiger partial charge in [0.1, 0.15) is 17.3 Å². The maximum absolute atomic E-state index is 13.7. The van der Waals surface area contributed by atoms with E-state index >= 15 is 0 Å². The van der Waals surface area contributed by atoms with Crippen LogP contribution in [0, 0.1) is 0 Å². The van der Waals surface area contributed by atoms with E-state index in [1.165, 1.54) is 0 Å². The average Bonchev–Trinajstić information content (AvgIpc) is 2.91. The molecule has 1 heterocycles. The average molecular weight is 472 g/mol. The number of benzene rings is 3. The maximum atomic E-state index is 13.7. The summed E-state index contributed by atoms with van der Waals surface area (Å²) in [5.41, 5.74) is 1.61. The molecule has 35 heavy (non-hydrogen) atoms. The number of hydrogen-bond acceptors (Lipinski definition) is 5. The first-order valence-corrected chi connectivity index (χ1v) is 11.6. The zero-order valence-electron chi connectivity index (χ0n) is 20.4. The molecule has 0 radical (unpaired) electrons. The van der Waals surface area contributed by atoms with Gasteiger partial charge in [-0.05, 0) is 74.0 Å². The zero-order chi connectivity index (χ0) is 24.9. The second-order valence-electron chi connectivity index (χ2n) is 8.23. The molecule has 4 rings (SSSR count). The first-order valence-electron chi connectivity index (χ1n) is 11.6. The first kappa shape index (κ1) is 24.0. The number of carbonyl (C=O) groups is 1. The molecular formula is C28H29N3O4. The second-order valence-corrected chi connectivity index (χ2v) is 8.23. The number of nitrogens with zero attached hydrogens (tertiary/aromatic N) is 3. The molecule has 1 aromatic heterocycles. The Labute approximate surface area is 204 Å². The van der Waals surface area contributed by atoms with E-state index in [4.69, 9.17) is 14.5 Å². The fourth-order valence-electron chi connectivity index (χ4n) is 4.16. The van der Waals surface area contributed by atoms with E-state index in [0.717, 1.165) is 6.42 Å². The van der Waals surface area contributed by atoms with Crippen LogP contribution in [-0.4, -0.2) is 41.1 Å². The monoisotopic (exact) mass is 471 g/mol. The SMILES string of the molecule is CCCN(C(=O)c1ccc(OC)cc1)C(C)c1nc2ccccc2c(=O)n1-c1ccc(OC)cc1. The van der Waals surface area contributed by atoms with Crippen LogP contribution < -0.4 is 15.0 Å². The van der Waals surface area contributed by atoms with Gasteiger partial charge in [0.2, 0.25) is 0 Å². The number of fused-ring (bicyclic) bond motifs is 1. The number of rotatable bonds is 8. The van der Waals surface area contributed by atoms with Crippen LogP contribution in [0.15, 0.2) is 77.6 Å². The van der Waals surface area contributed by atoms with Crippen LogP contribution in [0.2, 0.25) is 0 Å². The van der Waals surface area contributed by atoms with Gasteiger partial charge in [-0.1, -0.05) is 19.1 Å². The molecule has 0 spiro atoms. The number of methoxy groups -OCH3 is 2. The van der Waals surface area contributed by atoms with Crippen molar-refractivity contribution in [2.75, 3.05) is 20.8 Å². The molecule has 0 saturated heterocycles. The summed E-state index contributed by atoms with van der Waals surface area (Å²) < 4.78 is 12.1. The molecule has 0 saturated carbocycles. The first-order chi connectivity index (χ1) is 17.0. The van der Waals surface area contributed by atoms with Crippen molar-refractivity contribution in [3.8, 4) is 17.2 Å². The van der Waals surface area contributed by atoms with Gasteiger partial charge < -0.3 is 14.4 Å². The minimum absolute atomic E-state index is 0.134. The molecule has 0 aliphatic rings. The van der Waals surface area contributed by atoms with E-state index in [9.17, 15) is 9.59 Å². The highest BCUT2D eigenvalue weighted by atomic mass is 16.5. The van der Waals surface area contributed by atoms with E-state index in [1.54, 1.807) is 66.2 Å². The third kappa shape index (κ3) is 4.75. The van der Waals surface area contributed by atoms with Crippen LogP contribution in [-0.2, 0) is 0 Å². The van der Waals surface area contributed by atoms with Crippen molar-refractivity contribution in [1.82, 2.24) is 14.5 Å². The van der Waals surface area contributed by atoms with Gasteiger partial charge in [-0.15, -0.1) is 0 Å². The number of carbonyl (C=O) groups excluding carboxylic acids is 1. The van der Waals surface area contributed by atoms with Gasteiger partial charge in [-0.2, -0.15) is 0 Å². The number of para-hydroxylation sites is 1. The van der Waals surface area contributed by atoms with Crippen LogP contribution in [0.1, 0.15) is 42.5 Å². The lowest BCUT2D eigenvalue weighted by molar-refractivity contribution is 0.0681. The van der Waals surface area contributed by atoms with Crippen molar-refractivity contribution in [1.29, 1.82) is 0 Å². The minimum Gasteiger partial charge on any atom is -0.497 e. The molecule has 0 aliphatic heterocycles. The Morgan fingerprint density at radius 3 is 2.14 bits per heavy atom. The van der Waals surface area contributed by atoms with Gasteiger partial charge in [0.05, 0.1) is 36.9 Å². The van der Waals surface area contributed by atoms with Crippen molar-refractivity contribution in [2.24, 2.45) is 0 Å². The van der Waals surface area contributed by atoms with Crippen molar-refractivity contribution in [3.63, 3.8) is 0 Å². The predicted octanol–water partition coefficient (Wildman–Crippen LogP) is 5.02. The molecule has 0 fully saturated rings. The van der Waals surface area contributed by atoms with E-state index in [0.29, 0.717) is 46.0 Å². The molecule has 0 bridgehead atoms. The van der Waals surface area contributed by atoms with Crippen LogP contribution in [0.3, 0.4) is 0 Å². The lowest BCUT2D eigenvalue weighted by Gasteiger charge is -2.30.